The standard InChI is InChI=1S/C18H13N3OS.CH4O/c19-17(22)15-11-14-16(12-7-3-1-4-8-12)20-21(18(14)23-15)13-9-5-2-6-10-13;1-2/h1-11H,(H2,19,22);2H,1H3. The van der Waals surface area contributed by atoms with E-state index in [9.17, 15) is 4.79 Å². The molecule has 0 spiro atoms. The number of aliphatic hydroxyl groups excluding tert-OH is 1. The molecule has 2 heterocycles. The fourth-order valence-electron chi connectivity index (χ4n) is 2.58. The fourth-order valence-corrected chi connectivity index (χ4v) is 3.57. The van der Waals surface area contributed by atoms with Gasteiger partial charge in [-0.1, -0.05) is 48.5 Å². The van der Waals surface area contributed by atoms with Crippen LogP contribution in [0.1, 0.15) is 9.67 Å². The van der Waals surface area contributed by atoms with Crippen LogP contribution in [0.4, 0.5) is 0 Å². The van der Waals surface area contributed by atoms with Crippen molar-refractivity contribution in [2.24, 2.45) is 5.73 Å². The van der Waals surface area contributed by atoms with Crippen molar-refractivity contribution in [3.63, 3.8) is 0 Å². The van der Waals surface area contributed by atoms with E-state index < -0.39 is 5.91 Å². The van der Waals surface area contributed by atoms with Gasteiger partial charge in [0.05, 0.1) is 10.6 Å². The molecule has 1 amide bonds. The number of nitrogens with zero attached hydrogens (tertiary/aromatic N) is 2. The van der Waals surface area contributed by atoms with E-state index >= 15 is 0 Å². The summed E-state index contributed by atoms with van der Waals surface area (Å²) < 4.78 is 1.87. The van der Waals surface area contributed by atoms with Gasteiger partial charge in [-0.3, -0.25) is 4.79 Å². The summed E-state index contributed by atoms with van der Waals surface area (Å²) in [5.41, 5.74) is 8.28. The molecule has 0 fully saturated rings. The molecular weight excluding hydrogens is 334 g/mol. The summed E-state index contributed by atoms with van der Waals surface area (Å²) in [7, 11) is 1.00. The van der Waals surface area contributed by atoms with Crippen molar-refractivity contribution < 1.29 is 9.90 Å². The minimum atomic E-state index is -0.412. The number of fused-ring (bicyclic) bond motifs is 1. The first kappa shape index (κ1) is 16.9. The van der Waals surface area contributed by atoms with Crippen LogP contribution < -0.4 is 5.73 Å². The Labute approximate surface area is 149 Å². The van der Waals surface area contributed by atoms with Crippen molar-refractivity contribution in [1.82, 2.24) is 9.78 Å². The Kier molecular flexibility index (Phi) is 4.92. The van der Waals surface area contributed by atoms with Crippen molar-refractivity contribution in [2.45, 2.75) is 0 Å². The highest BCUT2D eigenvalue weighted by Crippen LogP contribution is 2.35. The van der Waals surface area contributed by atoms with Crippen molar-refractivity contribution >= 4 is 27.5 Å². The number of primary amides is 1. The summed E-state index contributed by atoms with van der Waals surface area (Å²) in [5, 5.41) is 12.7. The van der Waals surface area contributed by atoms with Crippen LogP contribution in [0, 0.1) is 0 Å². The maximum absolute atomic E-state index is 11.6. The molecule has 0 aliphatic rings. The highest BCUT2D eigenvalue weighted by molar-refractivity contribution is 7.20. The lowest BCUT2D eigenvalue weighted by Crippen LogP contribution is -2.08. The molecule has 0 unspecified atom stereocenters. The zero-order valence-electron chi connectivity index (χ0n) is 13.6. The third-order valence-corrected chi connectivity index (χ3v) is 4.78. The van der Waals surface area contributed by atoms with Gasteiger partial charge in [-0.25, -0.2) is 4.68 Å². The predicted octanol–water partition coefficient (Wildman–Crippen LogP) is 3.46. The maximum atomic E-state index is 11.6. The molecule has 3 N–H and O–H groups in total. The minimum absolute atomic E-state index is 0.412. The average Bonchev–Trinajstić information content (AvgIpc) is 3.24. The van der Waals surface area contributed by atoms with Crippen molar-refractivity contribution in [2.75, 3.05) is 7.11 Å². The molecule has 0 radical (unpaired) electrons. The van der Waals surface area contributed by atoms with Gasteiger partial charge in [-0.15, -0.1) is 11.3 Å². The quantitative estimate of drug-likeness (QED) is 0.593. The van der Waals surface area contributed by atoms with Crippen molar-refractivity contribution in [3.8, 4) is 16.9 Å². The Morgan fingerprint density at radius 2 is 1.64 bits per heavy atom. The van der Waals surface area contributed by atoms with Crippen LogP contribution in [0.2, 0.25) is 0 Å². The maximum Gasteiger partial charge on any atom is 0.258 e. The van der Waals surface area contributed by atoms with Crippen LogP contribution >= 0.6 is 11.3 Å². The average molecular weight is 351 g/mol. The van der Waals surface area contributed by atoms with Crippen LogP contribution in [0.25, 0.3) is 27.2 Å². The number of hydrogen-bond donors (Lipinski definition) is 2. The molecule has 0 saturated carbocycles. The van der Waals surface area contributed by atoms with E-state index in [0.29, 0.717) is 4.88 Å². The van der Waals surface area contributed by atoms with E-state index in [2.05, 4.69) is 0 Å². The number of hydrogen-bond acceptors (Lipinski definition) is 4. The first-order valence-electron chi connectivity index (χ1n) is 7.62. The van der Waals surface area contributed by atoms with Gasteiger partial charge in [0.15, 0.2) is 0 Å². The molecule has 126 valence electrons. The van der Waals surface area contributed by atoms with E-state index in [1.165, 1.54) is 11.3 Å². The number of aliphatic hydroxyl groups is 1. The molecule has 0 bridgehead atoms. The van der Waals surface area contributed by atoms with Gasteiger partial charge in [0.1, 0.15) is 10.5 Å². The second-order valence-electron chi connectivity index (χ2n) is 5.16. The predicted molar refractivity (Wildman–Crippen MR) is 101 cm³/mol. The number of para-hydroxylation sites is 1. The molecule has 2 aromatic heterocycles. The van der Waals surface area contributed by atoms with Crippen LogP contribution in [0.5, 0.6) is 0 Å². The number of thiophene rings is 1. The number of carbonyl (C=O) groups excluding carboxylic acids is 1. The third-order valence-electron chi connectivity index (χ3n) is 3.65. The molecule has 4 rings (SSSR count). The first-order valence-corrected chi connectivity index (χ1v) is 8.43. The van der Waals surface area contributed by atoms with E-state index in [4.69, 9.17) is 15.9 Å². The van der Waals surface area contributed by atoms with Crippen molar-refractivity contribution in [3.05, 3.63) is 71.6 Å². The Balaban J connectivity index is 0.000000880. The van der Waals surface area contributed by atoms with Gasteiger partial charge >= 0.3 is 0 Å². The summed E-state index contributed by atoms with van der Waals surface area (Å²) >= 11 is 1.37. The fraction of sp³-hybridized carbons (Fsp3) is 0.0526. The Bertz CT molecular complexity index is 920. The minimum Gasteiger partial charge on any atom is -0.400 e. The molecule has 6 heteroatoms. The van der Waals surface area contributed by atoms with Gasteiger partial charge < -0.3 is 10.8 Å². The molecule has 2 aromatic carbocycles. The number of rotatable bonds is 3. The lowest BCUT2D eigenvalue weighted by Gasteiger charge is -2.01. The van der Waals surface area contributed by atoms with Gasteiger partial charge in [-0.05, 0) is 18.2 Å². The third kappa shape index (κ3) is 3.17. The van der Waals surface area contributed by atoms with Gasteiger partial charge in [0.25, 0.3) is 5.91 Å². The van der Waals surface area contributed by atoms with Crippen LogP contribution in [0.15, 0.2) is 66.7 Å². The SMILES string of the molecule is CO.NC(=O)c1cc2c(-c3ccccc3)nn(-c3ccccc3)c2s1. The number of aromatic nitrogens is 2. The topological polar surface area (TPSA) is 81.1 Å². The lowest BCUT2D eigenvalue weighted by molar-refractivity contribution is 0.100. The molecule has 0 saturated heterocycles. The van der Waals surface area contributed by atoms with Gasteiger partial charge in [0.2, 0.25) is 0 Å². The van der Waals surface area contributed by atoms with Gasteiger partial charge in [-0.2, -0.15) is 5.10 Å². The molecule has 25 heavy (non-hydrogen) atoms. The van der Waals surface area contributed by atoms with E-state index in [-0.39, 0.29) is 0 Å². The van der Waals surface area contributed by atoms with Crippen LogP contribution in [-0.2, 0) is 0 Å². The molecule has 0 atom stereocenters. The van der Waals surface area contributed by atoms with Crippen molar-refractivity contribution in [1.29, 1.82) is 0 Å². The van der Waals surface area contributed by atoms with E-state index in [1.807, 2.05) is 71.4 Å². The first-order chi connectivity index (χ1) is 12.2. The molecule has 0 aliphatic heterocycles. The second kappa shape index (κ2) is 7.29. The number of nitrogens with two attached hydrogens (primary N) is 1. The molecule has 0 aliphatic carbocycles. The van der Waals surface area contributed by atoms with Crippen LogP contribution in [0.3, 0.4) is 0 Å². The second-order valence-corrected chi connectivity index (χ2v) is 6.19. The largest absolute Gasteiger partial charge is 0.400 e. The highest BCUT2D eigenvalue weighted by atomic mass is 32.1. The summed E-state index contributed by atoms with van der Waals surface area (Å²) in [6.45, 7) is 0. The van der Waals surface area contributed by atoms with E-state index in [0.717, 1.165) is 34.3 Å². The normalized spacial score (nSPS) is 10.3. The van der Waals surface area contributed by atoms with E-state index in [1.54, 1.807) is 0 Å². The Morgan fingerprint density at radius 1 is 1.04 bits per heavy atom. The Hall–Kier alpha value is -2.96. The smallest absolute Gasteiger partial charge is 0.258 e. The monoisotopic (exact) mass is 351 g/mol. The summed E-state index contributed by atoms with van der Waals surface area (Å²) in [4.78, 5) is 13.0. The number of amides is 1. The van der Waals surface area contributed by atoms with Gasteiger partial charge in [0, 0.05) is 18.1 Å². The Morgan fingerprint density at radius 3 is 2.24 bits per heavy atom. The van der Waals surface area contributed by atoms with Crippen LogP contribution in [-0.4, -0.2) is 27.9 Å². The summed E-state index contributed by atoms with van der Waals surface area (Å²) in [5.74, 6) is -0.412. The lowest BCUT2D eigenvalue weighted by atomic mass is 10.1. The highest BCUT2D eigenvalue weighted by Gasteiger charge is 2.18. The molecule has 5 nitrogen and oxygen atoms in total. The molecule has 4 aromatic rings. The summed E-state index contributed by atoms with van der Waals surface area (Å²) in [6.07, 6.45) is 0. The zero-order chi connectivity index (χ0) is 17.8. The molecular formula is C19H17N3O2S. The number of carbonyl (C=O) groups is 1. The number of benzene rings is 2. The zero-order valence-corrected chi connectivity index (χ0v) is 14.4. The summed E-state index contributed by atoms with van der Waals surface area (Å²) in [6, 6.07) is 21.7.